The molecule has 4 nitrogen and oxygen atoms in total. The number of nitrogens with one attached hydrogen (secondary N) is 1. The largest absolute Gasteiger partial charge is 0.455 e. The second-order valence-electron chi connectivity index (χ2n) is 5.20. The van der Waals surface area contributed by atoms with E-state index in [0.29, 0.717) is 5.02 Å². The lowest BCUT2D eigenvalue weighted by atomic mass is 10.1. The summed E-state index contributed by atoms with van der Waals surface area (Å²) >= 11 is 7.10. The maximum Gasteiger partial charge on any atom is 0.316 e. The molecule has 0 saturated carbocycles. The molecule has 0 unspecified atom stereocenters. The van der Waals surface area contributed by atoms with E-state index in [2.05, 4.69) is 5.32 Å². The number of carbonyl (C=O) groups is 2. The number of rotatable bonds is 5. The quantitative estimate of drug-likeness (QED) is 0.670. The van der Waals surface area contributed by atoms with Crippen molar-refractivity contribution in [3.63, 3.8) is 0 Å². The van der Waals surface area contributed by atoms with Crippen molar-refractivity contribution < 1.29 is 14.3 Å². The highest BCUT2D eigenvalue weighted by molar-refractivity contribution is 8.00. The van der Waals surface area contributed by atoms with Crippen molar-refractivity contribution in [2.75, 3.05) is 12.4 Å². The molecule has 0 aliphatic heterocycles. The van der Waals surface area contributed by atoms with Gasteiger partial charge in [0, 0.05) is 15.5 Å². The predicted octanol–water partition coefficient (Wildman–Crippen LogP) is 2.89. The first-order valence-corrected chi connectivity index (χ1v) is 7.47. The molecule has 0 aliphatic carbocycles. The van der Waals surface area contributed by atoms with Gasteiger partial charge in [-0.3, -0.25) is 9.59 Å². The van der Waals surface area contributed by atoms with Crippen molar-refractivity contribution in [3.05, 3.63) is 29.3 Å². The van der Waals surface area contributed by atoms with Gasteiger partial charge in [-0.25, -0.2) is 0 Å². The highest BCUT2D eigenvalue weighted by atomic mass is 35.5. The number of hydrogen-bond acceptors (Lipinski definition) is 4. The monoisotopic (exact) mass is 315 g/mol. The minimum absolute atomic E-state index is 0.157. The number of esters is 1. The van der Waals surface area contributed by atoms with Crippen LogP contribution < -0.4 is 5.32 Å². The summed E-state index contributed by atoms with van der Waals surface area (Å²) in [6, 6.07) is 7.16. The first-order valence-electron chi connectivity index (χ1n) is 6.11. The Labute approximate surface area is 128 Å². The second-order valence-corrected chi connectivity index (χ2v) is 6.69. The van der Waals surface area contributed by atoms with E-state index in [1.165, 1.54) is 11.8 Å². The van der Waals surface area contributed by atoms with E-state index in [-0.39, 0.29) is 23.8 Å². The van der Waals surface area contributed by atoms with Crippen LogP contribution in [-0.4, -0.2) is 29.8 Å². The van der Waals surface area contributed by atoms with Crippen LogP contribution in [0.15, 0.2) is 29.2 Å². The van der Waals surface area contributed by atoms with Gasteiger partial charge in [0.25, 0.3) is 5.91 Å². The lowest BCUT2D eigenvalue weighted by molar-refractivity contribution is -0.146. The van der Waals surface area contributed by atoms with Gasteiger partial charge in [0.15, 0.2) is 6.61 Å². The Hall–Kier alpha value is -1.20. The third kappa shape index (κ3) is 7.40. The van der Waals surface area contributed by atoms with Crippen molar-refractivity contribution in [1.29, 1.82) is 0 Å². The molecule has 1 aromatic carbocycles. The van der Waals surface area contributed by atoms with Crippen molar-refractivity contribution in [2.45, 2.75) is 31.2 Å². The smallest absolute Gasteiger partial charge is 0.316 e. The van der Waals surface area contributed by atoms with Gasteiger partial charge in [-0.05, 0) is 45.0 Å². The van der Waals surface area contributed by atoms with Crippen LogP contribution in [0, 0.1) is 0 Å². The third-order valence-electron chi connectivity index (χ3n) is 2.05. The number of hydrogen-bond donors (Lipinski definition) is 1. The van der Waals surface area contributed by atoms with E-state index in [1.54, 1.807) is 12.1 Å². The van der Waals surface area contributed by atoms with Crippen LogP contribution >= 0.6 is 23.4 Å². The number of ether oxygens (including phenoxy) is 1. The van der Waals surface area contributed by atoms with Crippen molar-refractivity contribution in [3.8, 4) is 0 Å². The van der Waals surface area contributed by atoms with E-state index in [0.717, 1.165) is 4.90 Å². The molecule has 0 bridgehead atoms. The predicted molar refractivity (Wildman–Crippen MR) is 81.0 cm³/mol. The van der Waals surface area contributed by atoms with E-state index in [4.69, 9.17) is 16.3 Å². The molecular weight excluding hydrogens is 298 g/mol. The standard InChI is InChI=1S/C14H18ClNO3S/c1-14(2,3)16-12(17)8-19-13(18)9-20-11-6-4-10(15)5-7-11/h4-7H,8-9H2,1-3H3,(H,16,17). The van der Waals surface area contributed by atoms with Gasteiger partial charge in [0.1, 0.15) is 0 Å². The average Bonchev–Trinajstić information content (AvgIpc) is 2.33. The van der Waals surface area contributed by atoms with Crippen LogP contribution in [0.2, 0.25) is 5.02 Å². The molecule has 0 aliphatic rings. The highest BCUT2D eigenvalue weighted by Crippen LogP contribution is 2.20. The molecule has 0 atom stereocenters. The maximum atomic E-state index is 11.5. The van der Waals surface area contributed by atoms with Gasteiger partial charge >= 0.3 is 5.97 Å². The number of benzene rings is 1. The van der Waals surface area contributed by atoms with E-state index >= 15 is 0 Å². The molecule has 110 valence electrons. The molecule has 0 fully saturated rings. The summed E-state index contributed by atoms with van der Waals surface area (Å²) in [5, 5.41) is 3.37. The fourth-order valence-electron chi connectivity index (χ4n) is 1.32. The lowest BCUT2D eigenvalue weighted by Gasteiger charge is -2.20. The normalized spacial score (nSPS) is 11.0. The topological polar surface area (TPSA) is 55.4 Å². The van der Waals surface area contributed by atoms with Crippen molar-refractivity contribution in [2.24, 2.45) is 0 Å². The summed E-state index contributed by atoms with van der Waals surface area (Å²) in [6.07, 6.45) is 0. The van der Waals surface area contributed by atoms with Crippen LogP contribution in [0.4, 0.5) is 0 Å². The summed E-state index contributed by atoms with van der Waals surface area (Å²) in [7, 11) is 0. The van der Waals surface area contributed by atoms with Crippen molar-refractivity contribution in [1.82, 2.24) is 5.32 Å². The summed E-state index contributed by atoms with van der Waals surface area (Å²) in [5.74, 6) is -0.568. The Bertz CT molecular complexity index is 468. The van der Waals surface area contributed by atoms with Crippen LogP contribution in [-0.2, 0) is 14.3 Å². The SMILES string of the molecule is CC(C)(C)NC(=O)COC(=O)CSc1ccc(Cl)cc1. The Kier molecular flexibility index (Phi) is 6.36. The third-order valence-corrected chi connectivity index (χ3v) is 3.29. The molecule has 0 aromatic heterocycles. The zero-order valence-electron chi connectivity index (χ0n) is 11.7. The van der Waals surface area contributed by atoms with Gasteiger partial charge in [-0.2, -0.15) is 0 Å². The number of carbonyl (C=O) groups excluding carboxylic acids is 2. The number of halogens is 1. The lowest BCUT2D eigenvalue weighted by Crippen LogP contribution is -2.42. The van der Waals surface area contributed by atoms with E-state index in [1.807, 2.05) is 32.9 Å². The molecule has 1 rings (SSSR count). The summed E-state index contributed by atoms with van der Waals surface area (Å²) in [6.45, 7) is 5.34. The van der Waals surface area contributed by atoms with Gasteiger partial charge < -0.3 is 10.1 Å². The second kappa shape index (κ2) is 7.55. The van der Waals surface area contributed by atoms with Crippen LogP contribution in [0.5, 0.6) is 0 Å². The highest BCUT2D eigenvalue weighted by Gasteiger charge is 2.15. The van der Waals surface area contributed by atoms with Gasteiger partial charge in [0.05, 0.1) is 5.75 Å². The molecule has 20 heavy (non-hydrogen) atoms. The maximum absolute atomic E-state index is 11.5. The molecule has 1 amide bonds. The zero-order chi connectivity index (χ0) is 15.2. The van der Waals surface area contributed by atoms with Crippen LogP contribution in [0.1, 0.15) is 20.8 Å². The Morgan fingerprint density at radius 3 is 2.40 bits per heavy atom. The van der Waals surface area contributed by atoms with Crippen molar-refractivity contribution >= 4 is 35.2 Å². The number of thioether (sulfide) groups is 1. The average molecular weight is 316 g/mol. The van der Waals surface area contributed by atoms with Gasteiger partial charge in [-0.1, -0.05) is 11.6 Å². The summed E-state index contributed by atoms with van der Waals surface area (Å²) in [4.78, 5) is 23.9. The molecule has 0 radical (unpaired) electrons. The first kappa shape index (κ1) is 16.9. The Balaban J connectivity index is 2.27. The molecule has 0 spiro atoms. The Morgan fingerprint density at radius 1 is 1.25 bits per heavy atom. The number of amides is 1. The first-order chi connectivity index (χ1) is 9.26. The minimum Gasteiger partial charge on any atom is -0.455 e. The van der Waals surface area contributed by atoms with Gasteiger partial charge in [-0.15, -0.1) is 11.8 Å². The fourth-order valence-corrected chi connectivity index (χ4v) is 2.14. The molecule has 1 aromatic rings. The molecular formula is C14H18ClNO3S. The van der Waals surface area contributed by atoms with Crippen LogP contribution in [0.3, 0.4) is 0 Å². The van der Waals surface area contributed by atoms with E-state index < -0.39 is 5.97 Å². The Morgan fingerprint density at radius 2 is 1.85 bits per heavy atom. The fraction of sp³-hybridized carbons (Fsp3) is 0.429. The molecule has 1 N–H and O–H groups in total. The zero-order valence-corrected chi connectivity index (χ0v) is 13.3. The molecule has 0 saturated heterocycles. The molecule has 6 heteroatoms. The minimum atomic E-state index is -0.422. The van der Waals surface area contributed by atoms with Crippen LogP contribution in [0.25, 0.3) is 0 Å². The molecule has 0 heterocycles. The van der Waals surface area contributed by atoms with Gasteiger partial charge in [0.2, 0.25) is 0 Å². The summed E-state index contributed by atoms with van der Waals surface area (Å²) in [5.41, 5.74) is -0.332. The summed E-state index contributed by atoms with van der Waals surface area (Å²) < 4.78 is 4.90. The van der Waals surface area contributed by atoms with E-state index in [9.17, 15) is 9.59 Å².